The smallest absolute Gasteiger partial charge is 0.270 e. The normalized spacial score (nSPS) is 10.3. The summed E-state index contributed by atoms with van der Waals surface area (Å²) < 4.78 is 0.980. The fourth-order valence-electron chi connectivity index (χ4n) is 1.72. The van der Waals surface area contributed by atoms with Crippen molar-refractivity contribution in [2.24, 2.45) is 0 Å². The van der Waals surface area contributed by atoms with Crippen LogP contribution < -0.4 is 0 Å². The molecule has 0 saturated carbocycles. The summed E-state index contributed by atoms with van der Waals surface area (Å²) in [5.74, 6) is -0.238. The highest BCUT2D eigenvalue weighted by molar-refractivity contribution is 9.10. The molecule has 2 aromatic rings. The van der Waals surface area contributed by atoms with Crippen molar-refractivity contribution in [3.63, 3.8) is 0 Å². The molecule has 0 atom stereocenters. The standard InChI is InChI=1S/C13H11BrN2O3S/c1-15(7-12-6-10(14)8-20-12)13(17)9-3-2-4-11(5-9)16(18)19/h2-6,8H,7H2,1H3. The number of nitro benzene ring substituents is 1. The van der Waals surface area contributed by atoms with E-state index in [4.69, 9.17) is 0 Å². The van der Waals surface area contributed by atoms with Crippen molar-refractivity contribution in [2.45, 2.75) is 6.54 Å². The topological polar surface area (TPSA) is 63.5 Å². The van der Waals surface area contributed by atoms with Crippen molar-refractivity contribution in [3.8, 4) is 0 Å². The predicted molar refractivity (Wildman–Crippen MR) is 80.9 cm³/mol. The number of nitro groups is 1. The number of benzene rings is 1. The molecule has 0 aliphatic rings. The highest BCUT2D eigenvalue weighted by Gasteiger charge is 2.16. The van der Waals surface area contributed by atoms with E-state index in [0.29, 0.717) is 12.1 Å². The molecule has 20 heavy (non-hydrogen) atoms. The van der Waals surface area contributed by atoms with Gasteiger partial charge in [-0.1, -0.05) is 6.07 Å². The van der Waals surface area contributed by atoms with Gasteiger partial charge < -0.3 is 4.90 Å². The van der Waals surface area contributed by atoms with E-state index >= 15 is 0 Å². The Bertz CT molecular complexity index is 657. The monoisotopic (exact) mass is 354 g/mol. The Balaban J connectivity index is 2.14. The second-order valence-electron chi connectivity index (χ2n) is 4.20. The molecule has 0 aliphatic carbocycles. The van der Waals surface area contributed by atoms with Gasteiger partial charge in [-0.15, -0.1) is 11.3 Å². The van der Waals surface area contributed by atoms with Crippen LogP contribution in [0.2, 0.25) is 0 Å². The second kappa shape index (κ2) is 6.15. The maximum Gasteiger partial charge on any atom is 0.270 e. The lowest BCUT2D eigenvalue weighted by atomic mass is 10.2. The molecule has 7 heteroatoms. The van der Waals surface area contributed by atoms with Gasteiger partial charge in [0.1, 0.15) is 0 Å². The first-order chi connectivity index (χ1) is 9.47. The number of nitrogens with zero attached hydrogens (tertiary/aromatic N) is 2. The minimum absolute atomic E-state index is 0.0804. The minimum atomic E-state index is -0.507. The second-order valence-corrected chi connectivity index (χ2v) is 6.11. The molecule has 5 nitrogen and oxygen atoms in total. The van der Waals surface area contributed by atoms with Gasteiger partial charge >= 0.3 is 0 Å². The zero-order valence-electron chi connectivity index (χ0n) is 10.6. The zero-order chi connectivity index (χ0) is 14.7. The molecular formula is C13H11BrN2O3S. The number of amides is 1. The Kier molecular flexibility index (Phi) is 4.51. The number of halogens is 1. The highest BCUT2D eigenvalue weighted by atomic mass is 79.9. The summed E-state index contributed by atoms with van der Waals surface area (Å²) in [6.07, 6.45) is 0. The third kappa shape index (κ3) is 3.43. The van der Waals surface area contributed by atoms with E-state index in [2.05, 4.69) is 15.9 Å². The average molecular weight is 355 g/mol. The van der Waals surface area contributed by atoms with Gasteiger partial charge in [0.05, 0.1) is 11.5 Å². The van der Waals surface area contributed by atoms with Crippen molar-refractivity contribution in [1.82, 2.24) is 4.90 Å². The van der Waals surface area contributed by atoms with Crippen molar-refractivity contribution in [2.75, 3.05) is 7.05 Å². The van der Waals surface area contributed by atoms with Crippen LogP contribution in [-0.2, 0) is 6.54 Å². The van der Waals surface area contributed by atoms with Crippen LogP contribution in [0.3, 0.4) is 0 Å². The van der Waals surface area contributed by atoms with Crippen molar-refractivity contribution in [1.29, 1.82) is 0 Å². The van der Waals surface area contributed by atoms with Crippen molar-refractivity contribution < 1.29 is 9.72 Å². The van der Waals surface area contributed by atoms with E-state index in [-0.39, 0.29) is 11.6 Å². The van der Waals surface area contributed by atoms with E-state index in [0.717, 1.165) is 9.35 Å². The number of thiophene rings is 1. The first kappa shape index (κ1) is 14.7. The SMILES string of the molecule is CN(Cc1cc(Br)cs1)C(=O)c1cccc([N+](=O)[O-])c1. The Hall–Kier alpha value is -1.73. The third-order valence-corrected chi connectivity index (χ3v) is 4.35. The fourth-order valence-corrected chi connectivity index (χ4v) is 3.22. The quantitative estimate of drug-likeness (QED) is 0.621. The Morgan fingerprint density at radius 3 is 2.80 bits per heavy atom. The molecule has 0 bridgehead atoms. The number of non-ortho nitro benzene ring substituents is 1. The maximum absolute atomic E-state index is 12.2. The Labute approximate surface area is 128 Å². The van der Waals surface area contributed by atoms with E-state index in [9.17, 15) is 14.9 Å². The summed E-state index contributed by atoms with van der Waals surface area (Å²) >= 11 is 4.91. The lowest BCUT2D eigenvalue weighted by Crippen LogP contribution is -2.25. The molecule has 1 heterocycles. The highest BCUT2D eigenvalue weighted by Crippen LogP contribution is 2.22. The van der Waals surface area contributed by atoms with Gasteiger partial charge in [-0.05, 0) is 28.1 Å². The molecule has 1 aromatic carbocycles. The summed E-state index contributed by atoms with van der Waals surface area (Å²) in [4.78, 5) is 25.0. The molecule has 1 amide bonds. The van der Waals surface area contributed by atoms with Gasteiger partial charge in [0, 0.05) is 39.5 Å². The maximum atomic E-state index is 12.2. The number of rotatable bonds is 4. The van der Waals surface area contributed by atoms with E-state index in [1.165, 1.54) is 23.1 Å². The van der Waals surface area contributed by atoms with E-state index < -0.39 is 4.92 Å². The van der Waals surface area contributed by atoms with Crippen LogP contribution in [0.15, 0.2) is 40.2 Å². The largest absolute Gasteiger partial charge is 0.337 e. The van der Waals surface area contributed by atoms with Crippen molar-refractivity contribution in [3.05, 3.63) is 60.7 Å². The van der Waals surface area contributed by atoms with E-state index in [1.807, 2.05) is 11.4 Å². The van der Waals surface area contributed by atoms with Crippen LogP contribution in [0.4, 0.5) is 5.69 Å². The summed E-state index contributed by atoms with van der Waals surface area (Å²) in [6, 6.07) is 7.70. The van der Waals surface area contributed by atoms with Gasteiger partial charge in [0.25, 0.3) is 11.6 Å². The molecule has 0 fully saturated rings. The molecule has 0 unspecified atom stereocenters. The first-order valence-electron chi connectivity index (χ1n) is 5.70. The summed E-state index contributed by atoms with van der Waals surface area (Å²) in [5.41, 5.74) is 0.237. The molecule has 2 rings (SSSR count). The van der Waals surface area contributed by atoms with Gasteiger partial charge in [0.15, 0.2) is 0 Å². The van der Waals surface area contributed by atoms with Crippen molar-refractivity contribution >= 4 is 38.9 Å². The molecule has 0 saturated heterocycles. The number of carbonyl (C=O) groups excluding carboxylic acids is 1. The summed E-state index contributed by atoms with van der Waals surface area (Å²) in [6.45, 7) is 0.470. The Morgan fingerprint density at radius 2 is 2.20 bits per heavy atom. The third-order valence-electron chi connectivity index (χ3n) is 2.67. The number of hydrogen-bond acceptors (Lipinski definition) is 4. The first-order valence-corrected chi connectivity index (χ1v) is 7.37. The minimum Gasteiger partial charge on any atom is -0.337 e. The lowest BCUT2D eigenvalue weighted by Gasteiger charge is -2.16. The van der Waals surface area contributed by atoms with Crippen LogP contribution in [0, 0.1) is 10.1 Å². The number of hydrogen-bond donors (Lipinski definition) is 0. The molecule has 0 radical (unpaired) electrons. The zero-order valence-corrected chi connectivity index (χ0v) is 13.0. The van der Waals surface area contributed by atoms with Crippen LogP contribution in [0.5, 0.6) is 0 Å². The molecule has 104 valence electrons. The molecule has 0 spiro atoms. The predicted octanol–water partition coefficient (Wildman–Crippen LogP) is 3.69. The van der Waals surface area contributed by atoms with E-state index in [1.54, 1.807) is 24.5 Å². The lowest BCUT2D eigenvalue weighted by molar-refractivity contribution is -0.384. The van der Waals surface area contributed by atoms with Gasteiger partial charge in [-0.25, -0.2) is 0 Å². The van der Waals surface area contributed by atoms with Crippen LogP contribution >= 0.6 is 27.3 Å². The fraction of sp³-hybridized carbons (Fsp3) is 0.154. The summed E-state index contributed by atoms with van der Waals surface area (Å²) in [7, 11) is 1.68. The average Bonchev–Trinajstić information content (AvgIpc) is 2.83. The van der Waals surface area contributed by atoms with Gasteiger partial charge in [0.2, 0.25) is 0 Å². The molecular weight excluding hydrogens is 344 g/mol. The van der Waals surface area contributed by atoms with Gasteiger partial charge in [-0.3, -0.25) is 14.9 Å². The molecule has 0 N–H and O–H groups in total. The van der Waals surface area contributed by atoms with Crippen LogP contribution in [0.25, 0.3) is 0 Å². The molecule has 0 aliphatic heterocycles. The van der Waals surface area contributed by atoms with Crippen LogP contribution in [0.1, 0.15) is 15.2 Å². The van der Waals surface area contributed by atoms with Gasteiger partial charge in [-0.2, -0.15) is 0 Å². The van der Waals surface area contributed by atoms with Crippen LogP contribution in [-0.4, -0.2) is 22.8 Å². The number of carbonyl (C=O) groups is 1. The molecule has 1 aromatic heterocycles. The summed E-state index contributed by atoms with van der Waals surface area (Å²) in [5, 5.41) is 12.7. The Morgan fingerprint density at radius 1 is 1.45 bits per heavy atom.